The van der Waals surface area contributed by atoms with Gasteiger partial charge in [-0.05, 0) is 49.2 Å². The molecule has 1 aromatic carbocycles. The summed E-state index contributed by atoms with van der Waals surface area (Å²) in [4.78, 5) is 0. The Morgan fingerprint density at radius 1 is 1.06 bits per heavy atom. The molecule has 1 aliphatic rings. The molecule has 0 aliphatic carbocycles. The van der Waals surface area contributed by atoms with E-state index in [2.05, 4.69) is 46.5 Å². The van der Waals surface area contributed by atoms with Gasteiger partial charge >= 0.3 is 0 Å². The zero-order chi connectivity index (χ0) is 10.8. The number of hydrogen-bond donors (Lipinski definition) is 1. The molecule has 1 fully saturated rings. The minimum atomic E-state index is 0.568. The van der Waals surface area contributed by atoms with E-state index >= 15 is 0 Å². The van der Waals surface area contributed by atoms with Crippen LogP contribution in [0, 0.1) is 0 Å². The second-order valence-corrected chi connectivity index (χ2v) is 4.33. The Hall–Kier alpha value is -1.54. The number of hydrogen-bond acceptors (Lipinski definition) is 1. The predicted octanol–water partition coefficient (Wildman–Crippen LogP) is 2.90. The van der Waals surface area contributed by atoms with Crippen molar-refractivity contribution in [2.24, 2.45) is 0 Å². The highest BCUT2D eigenvalue weighted by Gasteiger charge is 2.15. The van der Waals surface area contributed by atoms with Crippen molar-refractivity contribution in [2.45, 2.75) is 18.9 Å². The Morgan fingerprint density at radius 3 is 2.44 bits per heavy atom. The molecule has 2 heteroatoms. The van der Waals surface area contributed by atoms with Crippen LogP contribution in [0.5, 0.6) is 0 Å². The molecule has 82 valence electrons. The third-order valence-corrected chi connectivity index (χ3v) is 3.26. The van der Waals surface area contributed by atoms with Gasteiger partial charge in [-0.25, -0.2) is 0 Å². The van der Waals surface area contributed by atoms with Gasteiger partial charge in [-0.3, -0.25) is 0 Å². The molecule has 2 nitrogen and oxygen atoms in total. The van der Waals surface area contributed by atoms with E-state index in [-0.39, 0.29) is 0 Å². The summed E-state index contributed by atoms with van der Waals surface area (Å²) in [5.74, 6) is 0. The highest BCUT2D eigenvalue weighted by Crippen LogP contribution is 2.23. The van der Waals surface area contributed by atoms with Crippen LogP contribution in [0.1, 0.15) is 24.4 Å². The standard InChI is InChI=1S/C14H16N2/c1-2-11-16(10-1)13-7-5-12(6-8-13)14-4-3-9-15-14/h1-2,5-8,10-11,14-15H,3-4,9H2/t14-/m0/s1. The summed E-state index contributed by atoms with van der Waals surface area (Å²) >= 11 is 0. The van der Waals surface area contributed by atoms with Crippen molar-refractivity contribution in [3.05, 3.63) is 54.4 Å². The maximum Gasteiger partial charge on any atom is 0.0449 e. The van der Waals surface area contributed by atoms with E-state index in [4.69, 9.17) is 0 Å². The van der Waals surface area contributed by atoms with Gasteiger partial charge in [0.15, 0.2) is 0 Å². The van der Waals surface area contributed by atoms with E-state index in [9.17, 15) is 0 Å². The van der Waals surface area contributed by atoms with Crippen molar-refractivity contribution >= 4 is 0 Å². The molecule has 1 N–H and O–H groups in total. The van der Waals surface area contributed by atoms with Crippen LogP contribution < -0.4 is 5.32 Å². The first-order chi connectivity index (χ1) is 7.93. The van der Waals surface area contributed by atoms with Gasteiger partial charge in [-0.2, -0.15) is 0 Å². The lowest BCUT2D eigenvalue weighted by molar-refractivity contribution is 0.647. The summed E-state index contributed by atoms with van der Waals surface area (Å²) in [5.41, 5.74) is 2.64. The summed E-state index contributed by atoms with van der Waals surface area (Å²) in [6, 6.07) is 13.5. The largest absolute Gasteiger partial charge is 0.324 e. The fourth-order valence-corrected chi connectivity index (χ4v) is 2.35. The first-order valence-corrected chi connectivity index (χ1v) is 5.90. The number of aromatic nitrogens is 1. The Labute approximate surface area is 95.9 Å². The van der Waals surface area contributed by atoms with E-state index in [0.29, 0.717) is 6.04 Å². The Kier molecular flexibility index (Phi) is 2.50. The van der Waals surface area contributed by atoms with Crippen molar-refractivity contribution in [3.8, 4) is 5.69 Å². The molecule has 0 radical (unpaired) electrons. The summed E-state index contributed by atoms with van der Waals surface area (Å²) in [6.45, 7) is 1.16. The molecule has 0 bridgehead atoms. The van der Waals surface area contributed by atoms with Crippen LogP contribution >= 0.6 is 0 Å². The lowest BCUT2D eigenvalue weighted by Crippen LogP contribution is -2.12. The Balaban J connectivity index is 1.84. The lowest BCUT2D eigenvalue weighted by atomic mass is 10.1. The highest BCUT2D eigenvalue weighted by molar-refractivity contribution is 5.36. The molecule has 1 atom stereocenters. The zero-order valence-electron chi connectivity index (χ0n) is 9.26. The summed E-state index contributed by atoms with van der Waals surface area (Å²) in [7, 11) is 0. The minimum absolute atomic E-state index is 0.568. The van der Waals surface area contributed by atoms with Crippen LogP contribution in [0.2, 0.25) is 0 Å². The quantitative estimate of drug-likeness (QED) is 0.810. The van der Waals surface area contributed by atoms with E-state index in [1.807, 2.05) is 12.1 Å². The van der Waals surface area contributed by atoms with Gasteiger partial charge in [0, 0.05) is 24.1 Å². The van der Waals surface area contributed by atoms with E-state index in [0.717, 1.165) is 6.54 Å². The van der Waals surface area contributed by atoms with E-state index in [1.165, 1.54) is 24.1 Å². The molecule has 0 unspecified atom stereocenters. The molecular formula is C14H16N2. The lowest BCUT2D eigenvalue weighted by Gasteiger charge is -2.11. The third-order valence-electron chi connectivity index (χ3n) is 3.26. The van der Waals surface area contributed by atoms with Gasteiger partial charge in [-0.15, -0.1) is 0 Å². The predicted molar refractivity (Wildman–Crippen MR) is 65.7 cm³/mol. The fraction of sp³-hybridized carbons (Fsp3) is 0.286. The van der Waals surface area contributed by atoms with Crippen LogP contribution in [-0.2, 0) is 0 Å². The van der Waals surface area contributed by atoms with Crippen molar-refractivity contribution < 1.29 is 0 Å². The summed E-state index contributed by atoms with van der Waals surface area (Å²) in [5, 5.41) is 3.52. The topological polar surface area (TPSA) is 17.0 Å². The fourth-order valence-electron chi connectivity index (χ4n) is 2.35. The van der Waals surface area contributed by atoms with Crippen molar-refractivity contribution in [2.75, 3.05) is 6.54 Å². The Morgan fingerprint density at radius 2 is 1.81 bits per heavy atom. The first-order valence-electron chi connectivity index (χ1n) is 5.90. The maximum atomic E-state index is 3.52. The molecule has 3 rings (SSSR count). The smallest absolute Gasteiger partial charge is 0.0449 e. The summed E-state index contributed by atoms with van der Waals surface area (Å²) < 4.78 is 2.13. The first kappa shape index (κ1) is 9.67. The van der Waals surface area contributed by atoms with Crippen molar-refractivity contribution in [1.29, 1.82) is 0 Å². The normalized spacial score (nSPS) is 20.1. The van der Waals surface area contributed by atoms with Crippen LogP contribution in [0.3, 0.4) is 0 Å². The van der Waals surface area contributed by atoms with Gasteiger partial charge < -0.3 is 9.88 Å². The van der Waals surface area contributed by atoms with Crippen LogP contribution in [-0.4, -0.2) is 11.1 Å². The molecule has 2 aromatic rings. The van der Waals surface area contributed by atoms with Crippen molar-refractivity contribution in [1.82, 2.24) is 9.88 Å². The maximum absolute atomic E-state index is 3.52. The molecule has 1 aliphatic heterocycles. The molecule has 0 spiro atoms. The van der Waals surface area contributed by atoms with Gasteiger partial charge in [0.25, 0.3) is 0 Å². The average Bonchev–Trinajstić information content (AvgIpc) is 3.03. The van der Waals surface area contributed by atoms with Crippen LogP contribution in [0.15, 0.2) is 48.8 Å². The highest BCUT2D eigenvalue weighted by atomic mass is 14.9. The molecular weight excluding hydrogens is 196 g/mol. The van der Waals surface area contributed by atoms with Gasteiger partial charge in [-0.1, -0.05) is 12.1 Å². The zero-order valence-corrected chi connectivity index (χ0v) is 9.26. The molecule has 1 saturated heterocycles. The molecule has 1 aromatic heterocycles. The second kappa shape index (κ2) is 4.14. The van der Waals surface area contributed by atoms with Gasteiger partial charge in [0.1, 0.15) is 0 Å². The van der Waals surface area contributed by atoms with Gasteiger partial charge in [0.05, 0.1) is 0 Å². The molecule has 0 saturated carbocycles. The average molecular weight is 212 g/mol. The monoisotopic (exact) mass is 212 g/mol. The molecule has 16 heavy (non-hydrogen) atoms. The third kappa shape index (κ3) is 1.76. The number of nitrogens with zero attached hydrogens (tertiary/aromatic N) is 1. The number of benzene rings is 1. The number of rotatable bonds is 2. The molecule has 0 amide bonds. The minimum Gasteiger partial charge on any atom is -0.324 e. The van der Waals surface area contributed by atoms with E-state index in [1.54, 1.807) is 0 Å². The SMILES string of the molecule is c1ccn(-c2ccc([C@@H]3CCCN3)cc2)c1. The number of nitrogens with one attached hydrogen (secondary N) is 1. The summed E-state index contributed by atoms with van der Waals surface area (Å²) in [6.07, 6.45) is 6.71. The van der Waals surface area contributed by atoms with Crippen molar-refractivity contribution in [3.63, 3.8) is 0 Å². The molecule has 2 heterocycles. The van der Waals surface area contributed by atoms with Crippen LogP contribution in [0.4, 0.5) is 0 Å². The van der Waals surface area contributed by atoms with E-state index < -0.39 is 0 Å². The Bertz CT molecular complexity index is 436. The van der Waals surface area contributed by atoms with Gasteiger partial charge in [0.2, 0.25) is 0 Å². The second-order valence-electron chi connectivity index (χ2n) is 4.33. The van der Waals surface area contributed by atoms with Crippen LogP contribution in [0.25, 0.3) is 5.69 Å².